The van der Waals surface area contributed by atoms with Crippen LogP contribution in [0.4, 0.5) is 0 Å². The molecule has 0 atom stereocenters. The van der Waals surface area contributed by atoms with E-state index >= 15 is 0 Å². The number of ether oxygens (including phenoxy) is 3. The zero-order valence-electron chi connectivity index (χ0n) is 13.3. The van der Waals surface area contributed by atoms with Crippen LogP contribution in [0.25, 0.3) is 0 Å². The highest BCUT2D eigenvalue weighted by Crippen LogP contribution is 1.91. The first-order valence-corrected chi connectivity index (χ1v) is 7.57. The fourth-order valence-corrected chi connectivity index (χ4v) is 1.77. The van der Waals surface area contributed by atoms with Gasteiger partial charge in [-0.15, -0.1) is 0 Å². The summed E-state index contributed by atoms with van der Waals surface area (Å²) in [6.45, 7) is 7.42. The topological polar surface area (TPSA) is 36.5 Å². The van der Waals surface area contributed by atoms with Crippen molar-refractivity contribution in [2.24, 2.45) is 7.05 Å². The van der Waals surface area contributed by atoms with E-state index in [9.17, 15) is 0 Å². The van der Waals surface area contributed by atoms with Gasteiger partial charge in [-0.2, -0.15) is 0 Å². The highest BCUT2D eigenvalue weighted by molar-refractivity contribution is 4.65. The normalized spacial score (nSPS) is 10.6. The van der Waals surface area contributed by atoms with Crippen LogP contribution < -0.4 is 17.0 Å². The average Bonchev–Trinajstić information content (AvgIpc) is 2.86. The predicted molar refractivity (Wildman–Crippen MR) is 77.6 cm³/mol. The lowest BCUT2D eigenvalue weighted by atomic mass is 10.4. The van der Waals surface area contributed by atoms with Gasteiger partial charge in [-0.05, 0) is 6.42 Å². The molecular formula is C15H29ClN2O3. The molecule has 5 nitrogen and oxygen atoms in total. The van der Waals surface area contributed by atoms with E-state index in [-0.39, 0.29) is 12.4 Å². The van der Waals surface area contributed by atoms with Crippen LogP contribution in [0.15, 0.2) is 18.7 Å². The summed E-state index contributed by atoms with van der Waals surface area (Å²) in [5.41, 5.74) is 0. The molecule has 0 aliphatic heterocycles. The van der Waals surface area contributed by atoms with Gasteiger partial charge in [-0.1, -0.05) is 13.3 Å². The van der Waals surface area contributed by atoms with Gasteiger partial charge in [0.15, 0.2) is 0 Å². The van der Waals surface area contributed by atoms with Crippen LogP contribution in [0.1, 0.15) is 26.2 Å². The van der Waals surface area contributed by atoms with Gasteiger partial charge < -0.3 is 26.6 Å². The minimum absolute atomic E-state index is 0. The molecule has 21 heavy (non-hydrogen) atoms. The van der Waals surface area contributed by atoms with Gasteiger partial charge in [0, 0.05) is 13.0 Å². The third kappa shape index (κ3) is 11.7. The second kappa shape index (κ2) is 14.3. The number of nitrogens with zero attached hydrogens (tertiary/aromatic N) is 2. The van der Waals surface area contributed by atoms with Crippen molar-refractivity contribution in [3.8, 4) is 0 Å². The number of imidazole rings is 1. The van der Waals surface area contributed by atoms with Gasteiger partial charge in [0.25, 0.3) is 0 Å². The Labute approximate surface area is 134 Å². The Kier molecular flexibility index (Phi) is 13.9. The number of hydrogen-bond acceptors (Lipinski definition) is 3. The number of halogens is 1. The van der Waals surface area contributed by atoms with Crippen LogP contribution in [0.3, 0.4) is 0 Å². The summed E-state index contributed by atoms with van der Waals surface area (Å²) in [5.74, 6) is 0. The molecule has 0 N–H and O–H groups in total. The van der Waals surface area contributed by atoms with Crippen LogP contribution >= 0.6 is 0 Å². The molecule has 0 fully saturated rings. The maximum atomic E-state index is 5.52. The molecule has 0 unspecified atom stereocenters. The molecule has 0 aromatic carbocycles. The minimum atomic E-state index is 0. The third-order valence-electron chi connectivity index (χ3n) is 2.91. The maximum absolute atomic E-state index is 5.52. The molecule has 1 aromatic heterocycles. The third-order valence-corrected chi connectivity index (χ3v) is 2.91. The van der Waals surface area contributed by atoms with Crippen LogP contribution in [0, 0.1) is 0 Å². The molecule has 1 aromatic rings. The Bertz CT molecular complexity index is 334. The largest absolute Gasteiger partial charge is 1.00 e. The van der Waals surface area contributed by atoms with Crippen molar-refractivity contribution in [2.75, 3.05) is 39.6 Å². The molecule has 0 radical (unpaired) electrons. The van der Waals surface area contributed by atoms with E-state index in [4.69, 9.17) is 14.2 Å². The molecule has 0 amide bonds. The predicted octanol–water partition coefficient (Wildman–Crippen LogP) is -1.44. The minimum Gasteiger partial charge on any atom is -1.00 e. The van der Waals surface area contributed by atoms with Crippen molar-refractivity contribution < 1.29 is 31.2 Å². The maximum Gasteiger partial charge on any atom is 0.243 e. The molecule has 124 valence electrons. The first-order valence-electron chi connectivity index (χ1n) is 7.57. The monoisotopic (exact) mass is 320 g/mol. The molecule has 1 rings (SSSR count). The number of aromatic nitrogens is 2. The highest BCUT2D eigenvalue weighted by atomic mass is 35.5. The van der Waals surface area contributed by atoms with Crippen molar-refractivity contribution >= 4 is 0 Å². The zero-order chi connectivity index (χ0) is 14.5. The van der Waals surface area contributed by atoms with E-state index in [1.165, 1.54) is 6.42 Å². The highest BCUT2D eigenvalue weighted by Gasteiger charge is 1.99. The second-order valence-corrected chi connectivity index (χ2v) is 4.86. The lowest BCUT2D eigenvalue weighted by Gasteiger charge is -2.06. The van der Waals surface area contributed by atoms with Crippen molar-refractivity contribution in [3.63, 3.8) is 0 Å². The first-order chi connectivity index (χ1) is 9.83. The zero-order valence-corrected chi connectivity index (χ0v) is 14.1. The van der Waals surface area contributed by atoms with Crippen LogP contribution in [0.2, 0.25) is 0 Å². The molecule has 0 aliphatic carbocycles. The molecule has 0 bridgehead atoms. The number of aryl methyl sites for hydroxylation is 2. The van der Waals surface area contributed by atoms with Gasteiger partial charge in [-0.25, -0.2) is 9.13 Å². The van der Waals surface area contributed by atoms with E-state index in [1.54, 1.807) is 0 Å². The van der Waals surface area contributed by atoms with E-state index in [0.29, 0.717) is 26.4 Å². The Balaban J connectivity index is 0.00000400. The van der Waals surface area contributed by atoms with Gasteiger partial charge in [0.1, 0.15) is 12.4 Å². The summed E-state index contributed by atoms with van der Waals surface area (Å²) < 4.78 is 20.5. The van der Waals surface area contributed by atoms with Gasteiger partial charge >= 0.3 is 0 Å². The summed E-state index contributed by atoms with van der Waals surface area (Å²) in [5, 5.41) is 0. The number of hydrogen-bond donors (Lipinski definition) is 0. The van der Waals surface area contributed by atoms with E-state index in [0.717, 1.165) is 32.6 Å². The quantitative estimate of drug-likeness (QED) is 0.330. The Hall–Kier alpha value is -0.620. The Morgan fingerprint density at radius 1 is 0.905 bits per heavy atom. The summed E-state index contributed by atoms with van der Waals surface area (Å²) >= 11 is 0. The fraction of sp³-hybridized carbons (Fsp3) is 0.800. The number of rotatable bonds is 13. The van der Waals surface area contributed by atoms with Gasteiger partial charge in [0.05, 0.1) is 46.6 Å². The van der Waals surface area contributed by atoms with Gasteiger partial charge in [-0.3, -0.25) is 0 Å². The standard InChI is InChI=1S/C15H29N2O3.ClH/c1-3-4-9-18-11-13-20-14-12-19-10-5-6-17-8-7-16(2)15-17;/h7-8,15H,3-6,9-14H2,1-2H3;1H/q+1;/p-1. The van der Waals surface area contributed by atoms with E-state index in [2.05, 4.69) is 24.0 Å². The summed E-state index contributed by atoms with van der Waals surface area (Å²) in [6.07, 6.45) is 9.51. The van der Waals surface area contributed by atoms with E-state index < -0.39 is 0 Å². The Morgan fingerprint density at radius 3 is 2.00 bits per heavy atom. The van der Waals surface area contributed by atoms with Crippen molar-refractivity contribution in [2.45, 2.75) is 32.7 Å². The molecule has 0 saturated carbocycles. The molecule has 0 saturated heterocycles. The molecule has 0 aliphatic rings. The van der Waals surface area contributed by atoms with E-state index in [1.807, 2.05) is 17.8 Å². The molecule has 1 heterocycles. The lowest BCUT2D eigenvalue weighted by molar-refractivity contribution is -0.671. The van der Waals surface area contributed by atoms with Crippen LogP contribution in [0.5, 0.6) is 0 Å². The summed E-state index contributed by atoms with van der Waals surface area (Å²) in [4.78, 5) is 0. The summed E-state index contributed by atoms with van der Waals surface area (Å²) in [6, 6.07) is 0. The van der Waals surface area contributed by atoms with Crippen molar-refractivity contribution in [1.82, 2.24) is 4.57 Å². The fourth-order valence-electron chi connectivity index (χ4n) is 1.77. The smallest absolute Gasteiger partial charge is 0.243 e. The average molecular weight is 321 g/mol. The van der Waals surface area contributed by atoms with Gasteiger partial charge in [0.2, 0.25) is 6.33 Å². The first kappa shape index (κ1) is 20.4. The summed E-state index contributed by atoms with van der Waals surface area (Å²) in [7, 11) is 2.02. The van der Waals surface area contributed by atoms with Crippen LogP contribution in [-0.4, -0.2) is 44.2 Å². The molecule has 6 heteroatoms. The van der Waals surface area contributed by atoms with Crippen molar-refractivity contribution in [1.29, 1.82) is 0 Å². The second-order valence-electron chi connectivity index (χ2n) is 4.86. The van der Waals surface area contributed by atoms with Crippen LogP contribution in [-0.2, 0) is 27.8 Å². The Morgan fingerprint density at radius 2 is 1.48 bits per heavy atom. The molecular weight excluding hydrogens is 292 g/mol. The lowest BCUT2D eigenvalue weighted by Crippen LogP contribution is -3.00. The molecule has 0 spiro atoms. The SMILES string of the molecule is CCCCOCCOCCOCCCn1cc[n+](C)c1.[Cl-]. The van der Waals surface area contributed by atoms with Crippen molar-refractivity contribution in [3.05, 3.63) is 18.7 Å². The number of unbranched alkanes of at least 4 members (excludes halogenated alkanes) is 1.